The average molecular weight is 254 g/mol. The van der Waals surface area contributed by atoms with Crippen molar-refractivity contribution in [1.82, 2.24) is 10.2 Å². The number of nitrogens with zero attached hydrogens (tertiary/aromatic N) is 1. The van der Waals surface area contributed by atoms with Crippen LogP contribution in [0.1, 0.15) is 66.2 Å². The second-order valence-corrected chi connectivity index (χ2v) is 6.37. The number of likely N-dealkylation sites (N-methyl/N-ethyl adjacent to an activating group) is 2. The summed E-state index contributed by atoms with van der Waals surface area (Å²) in [7, 11) is 2.33. The Bertz CT molecular complexity index is 223. The van der Waals surface area contributed by atoms with Gasteiger partial charge in [-0.25, -0.2) is 0 Å². The van der Waals surface area contributed by atoms with Crippen LogP contribution in [0.15, 0.2) is 0 Å². The van der Waals surface area contributed by atoms with Crippen molar-refractivity contribution in [3.63, 3.8) is 0 Å². The standard InChI is InChI=1S/C16H34N2/c1-6-16(4,14(3)17-7-2)18(5)13-15-11-9-8-10-12-15/h14-15,17H,6-13H2,1-5H3. The van der Waals surface area contributed by atoms with Crippen molar-refractivity contribution < 1.29 is 0 Å². The molecular formula is C16H34N2. The molecule has 1 aliphatic carbocycles. The van der Waals surface area contributed by atoms with E-state index in [1.54, 1.807) is 0 Å². The highest BCUT2D eigenvalue weighted by molar-refractivity contribution is 4.93. The molecule has 0 aromatic rings. The minimum atomic E-state index is 0.285. The lowest BCUT2D eigenvalue weighted by Crippen LogP contribution is -2.57. The first-order valence-corrected chi connectivity index (χ1v) is 7.99. The fourth-order valence-corrected chi connectivity index (χ4v) is 3.40. The van der Waals surface area contributed by atoms with Crippen LogP contribution in [-0.2, 0) is 0 Å². The van der Waals surface area contributed by atoms with E-state index in [1.165, 1.54) is 45.1 Å². The summed E-state index contributed by atoms with van der Waals surface area (Å²) in [6, 6.07) is 0.557. The normalized spacial score (nSPS) is 23.0. The fraction of sp³-hybridized carbons (Fsp3) is 1.00. The lowest BCUT2D eigenvalue weighted by molar-refractivity contribution is 0.0703. The van der Waals surface area contributed by atoms with Crippen LogP contribution in [0.2, 0.25) is 0 Å². The molecule has 2 atom stereocenters. The van der Waals surface area contributed by atoms with Gasteiger partial charge in [0.1, 0.15) is 0 Å². The van der Waals surface area contributed by atoms with E-state index in [1.807, 2.05) is 0 Å². The summed E-state index contributed by atoms with van der Waals surface area (Å²) in [5.41, 5.74) is 0.285. The second-order valence-electron chi connectivity index (χ2n) is 6.37. The maximum Gasteiger partial charge on any atom is 0.0326 e. The second kappa shape index (κ2) is 7.49. The largest absolute Gasteiger partial charge is 0.313 e. The van der Waals surface area contributed by atoms with Crippen molar-refractivity contribution in [2.45, 2.75) is 77.8 Å². The van der Waals surface area contributed by atoms with Gasteiger partial charge >= 0.3 is 0 Å². The van der Waals surface area contributed by atoms with Crippen LogP contribution in [0.25, 0.3) is 0 Å². The number of nitrogens with one attached hydrogen (secondary N) is 1. The number of hydrogen-bond donors (Lipinski definition) is 1. The van der Waals surface area contributed by atoms with Crippen LogP contribution >= 0.6 is 0 Å². The first-order chi connectivity index (χ1) is 8.54. The Morgan fingerprint density at radius 3 is 2.33 bits per heavy atom. The van der Waals surface area contributed by atoms with E-state index in [0.717, 1.165) is 12.5 Å². The lowest BCUT2D eigenvalue weighted by Gasteiger charge is -2.45. The molecule has 108 valence electrons. The molecular weight excluding hydrogens is 220 g/mol. The van der Waals surface area contributed by atoms with E-state index in [9.17, 15) is 0 Å². The summed E-state index contributed by atoms with van der Waals surface area (Å²) >= 11 is 0. The topological polar surface area (TPSA) is 15.3 Å². The zero-order valence-electron chi connectivity index (χ0n) is 13.3. The van der Waals surface area contributed by atoms with E-state index < -0.39 is 0 Å². The smallest absolute Gasteiger partial charge is 0.0326 e. The molecule has 0 saturated heterocycles. The lowest BCUT2D eigenvalue weighted by atomic mass is 9.84. The predicted molar refractivity (Wildman–Crippen MR) is 81.0 cm³/mol. The molecule has 2 heteroatoms. The number of hydrogen-bond acceptors (Lipinski definition) is 2. The molecule has 1 rings (SSSR count). The van der Waals surface area contributed by atoms with Gasteiger partial charge in [-0.2, -0.15) is 0 Å². The third kappa shape index (κ3) is 3.96. The highest BCUT2D eigenvalue weighted by Crippen LogP contribution is 2.28. The van der Waals surface area contributed by atoms with Gasteiger partial charge in [-0.3, -0.25) is 4.90 Å². The molecule has 0 aromatic heterocycles. The average Bonchev–Trinajstić information content (AvgIpc) is 2.39. The minimum Gasteiger partial charge on any atom is -0.313 e. The van der Waals surface area contributed by atoms with Gasteiger partial charge in [-0.05, 0) is 52.6 Å². The first-order valence-electron chi connectivity index (χ1n) is 7.99. The van der Waals surface area contributed by atoms with E-state index in [4.69, 9.17) is 0 Å². The molecule has 0 aliphatic heterocycles. The van der Waals surface area contributed by atoms with Crippen molar-refractivity contribution in [1.29, 1.82) is 0 Å². The van der Waals surface area contributed by atoms with Crippen molar-refractivity contribution in [3.8, 4) is 0 Å². The van der Waals surface area contributed by atoms with Crippen LogP contribution in [-0.4, -0.2) is 36.6 Å². The Balaban J connectivity index is 2.56. The van der Waals surface area contributed by atoms with Crippen molar-refractivity contribution in [2.75, 3.05) is 20.1 Å². The quantitative estimate of drug-likeness (QED) is 0.746. The van der Waals surface area contributed by atoms with Gasteiger partial charge < -0.3 is 5.32 Å². The van der Waals surface area contributed by atoms with Gasteiger partial charge in [0.25, 0.3) is 0 Å². The highest BCUT2D eigenvalue weighted by atomic mass is 15.2. The molecule has 0 amide bonds. The van der Waals surface area contributed by atoms with E-state index in [-0.39, 0.29) is 5.54 Å². The van der Waals surface area contributed by atoms with Crippen molar-refractivity contribution in [2.24, 2.45) is 5.92 Å². The van der Waals surface area contributed by atoms with Crippen LogP contribution in [0.4, 0.5) is 0 Å². The molecule has 1 aliphatic rings. The van der Waals surface area contributed by atoms with Gasteiger partial charge in [0, 0.05) is 18.1 Å². The molecule has 18 heavy (non-hydrogen) atoms. The molecule has 2 unspecified atom stereocenters. The van der Waals surface area contributed by atoms with Gasteiger partial charge in [0.15, 0.2) is 0 Å². The van der Waals surface area contributed by atoms with Crippen LogP contribution in [0.3, 0.4) is 0 Å². The summed E-state index contributed by atoms with van der Waals surface area (Å²) in [6.45, 7) is 11.6. The molecule has 0 bridgehead atoms. The Hall–Kier alpha value is -0.0800. The summed E-state index contributed by atoms with van der Waals surface area (Å²) in [5.74, 6) is 0.934. The van der Waals surface area contributed by atoms with E-state index >= 15 is 0 Å². The predicted octanol–water partition coefficient (Wildman–Crippen LogP) is 3.67. The maximum atomic E-state index is 3.61. The third-order valence-corrected chi connectivity index (χ3v) is 5.29. The molecule has 0 spiro atoms. The summed E-state index contributed by atoms with van der Waals surface area (Å²) < 4.78 is 0. The first kappa shape index (κ1) is 16.0. The molecule has 1 saturated carbocycles. The Kier molecular flexibility index (Phi) is 6.65. The minimum absolute atomic E-state index is 0.285. The van der Waals surface area contributed by atoms with Crippen molar-refractivity contribution in [3.05, 3.63) is 0 Å². The zero-order valence-corrected chi connectivity index (χ0v) is 13.3. The Morgan fingerprint density at radius 2 is 1.83 bits per heavy atom. The highest BCUT2D eigenvalue weighted by Gasteiger charge is 2.34. The summed E-state index contributed by atoms with van der Waals surface area (Å²) in [6.07, 6.45) is 8.46. The third-order valence-electron chi connectivity index (χ3n) is 5.29. The van der Waals surface area contributed by atoms with E-state index in [0.29, 0.717) is 6.04 Å². The molecule has 1 N–H and O–H groups in total. The zero-order chi connectivity index (χ0) is 13.6. The molecule has 2 nitrogen and oxygen atoms in total. The van der Waals surface area contributed by atoms with Crippen LogP contribution < -0.4 is 5.32 Å². The van der Waals surface area contributed by atoms with Crippen LogP contribution in [0.5, 0.6) is 0 Å². The fourth-order valence-electron chi connectivity index (χ4n) is 3.40. The summed E-state index contributed by atoms with van der Waals surface area (Å²) in [4.78, 5) is 2.62. The van der Waals surface area contributed by atoms with E-state index in [2.05, 4.69) is 45.0 Å². The van der Waals surface area contributed by atoms with Gasteiger partial charge in [0.05, 0.1) is 0 Å². The SMILES string of the molecule is CCNC(C)C(C)(CC)N(C)CC1CCCCC1. The van der Waals surface area contributed by atoms with Gasteiger partial charge in [-0.1, -0.05) is 33.1 Å². The molecule has 1 fully saturated rings. The van der Waals surface area contributed by atoms with Crippen LogP contribution in [0, 0.1) is 5.92 Å². The van der Waals surface area contributed by atoms with Crippen molar-refractivity contribution >= 4 is 0 Å². The maximum absolute atomic E-state index is 3.61. The Morgan fingerprint density at radius 1 is 1.22 bits per heavy atom. The molecule has 0 radical (unpaired) electrons. The van der Waals surface area contributed by atoms with Gasteiger partial charge in [0.2, 0.25) is 0 Å². The summed E-state index contributed by atoms with van der Waals surface area (Å²) in [5, 5.41) is 3.61. The number of rotatable bonds is 7. The molecule has 0 aromatic carbocycles. The molecule has 0 heterocycles. The van der Waals surface area contributed by atoms with Gasteiger partial charge in [-0.15, -0.1) is 0 Å². The monoisotopic (exact) mass is 254 g/mol. The Labute approximate surface area is 115 Å².